The monoisotopic (exact) mass is 232 g/mol. The van der Waals surface area contributed by atoms with Crippen LogP contribution in [0.4, 0.5) is 5.69 Å². The van der Waals surface area contributed by atoms with Crippen molar-refractivity contribution in [2.45, 2.75) is 39.2 Å². The largest absolute Gasteiger partial charge is 0.372 e. The van der Waals surface area contributed by atoms with Gasteiger partial charge in [-0.15, -0.1) is 0 Å². The molecule has 1 fully saturated rings. The lowest BCUT2D eigenvalue weighted by atomic mass is 10.0. The number of nitrogens with two attached hydrogens (primary N) is 1. The van der Waals surface area contributed by atoms with Crippen molar-refractivity contribution in [1.29, 1.82) is 0 Å². The number of anilines is 1. The van der Waals surface area contributed by atoms with E-state index in [0.717, 1.165) is 5.92 Å². The van der Waals surface area contributed by atoms with Gasteiger partial charge in [0.15, 0.2) is 0 Å². The highest BCUT2D eigenvalue weighted by molar-refractivity contribution is 5.48. The molecule has 0 saturated carbocycles. The predicted octanol–water partition coefficient (Wildman–Crippen LogP) is 3.33. The van der Waals surface area contributed by atoms with Crippen molar-refractivity contribution in [2.75, 3.05) is 18.0 Å². The summed E-state index contributed by atoms with van der Waals surface area (Å²) in [4.78, 5) is 2.51. The molecule has 0 spiro atoms. The predicted molar refractivity (Wildman–Crippen MR) is 74.3 cm³/mol. The summed E-state index contributed by atoms with van der Waals surface area (Å²) in [6.45, 7) is 6.78. The van der Waals surface area contributed by atoms with Crippen LogP contribution in [0, 0.1) is 5.92 Å². The molecule has 1 aliphatic heterocycles. The van der Waals surface area contributed by atoms with Gasteiger partial charge in [-0.3, -0.25) is 0 Å². The Balaban J connectivity index is 2.06. The second kappa shape index (κ2) is 5.54. The SMILES string of the molecule is CC1CCCN(c2ccc(C(C)N)cc2)CC1. The second-order valence-corrected chi connectivity index (χ2v) is 5.40. The van der Waals surface area contributed by atoms with Gasteiger partial charge in [0.2, 0.25) is 0 Å². The Labute approximate surface area is 105 Å². The minimum absolute atomic E-state index is 0.133. The normalized spacial score (nSPS) is 23.2. The Morgan fingerprint density at radius 3 is 2.53 bits per heavy atom. The van der Waals surface area contributed by atoms with Crippen molar-refractivity contribution in [2.24, 2.45) is 11.7 Å². The standard InChI is InChI=1S/C15H24N2/c1-12-4-3-10-17(11-9-12)15-7-5-14(6-8-15)13(2)16/h5-8,12-13H,3-4,9-11,16H2,1-2H3. The van der Waals surface area contributed by atoms with Gasteiger partial charge in [0.05, 0.1) is 0 Å². The molecule has 1 saturated heterocycles. The molecule has 0 bridgehead atoms. The minimum Gasteiger partial charge on any atom is -0.372 e. The van der Waals surface area contributed by atoms with Gasteiger partial charge < -0.3 is 10.6 Å². The number of rotatable bonds is 2. The number of hydrogen-bond donors (Lipinski definition) is 1. The molecular weight excluding hydrogens is 208 g/mol. The average molecular weight is 232 g/mol. The molecule has 0 amide bonds. The van der Waals surface area contributed by atoms with E-state index in [9.17, 15) is 0 Å². The van der Waals surface area contributed by atoms with Crippen molar-refractivity contribution < 1.29 is 0 Å². The van der Waals surface area contributed by atoms with Gasteiger partial charge in [-0.25, -0.2) is 0 Å². The van der Waals surface area contributed by atoms with E-state index in [-0.39, 0.29) is 6.04 Å². The third kappa shape index (κ3) is 3.22. The van der Waals surface area contributed by atoms with Gasteiger partial charge in [-0.2, -0.15) is 0 Å². The lowest BCUT2D eigenvalue weighted by Gasteiger charge is -2.23. The first-order valence-corrected chi connectivity index (χ1v) is 6.77. The van der Waals surface area contributed by atoms with Gasteiger partial charge in [0.1, 0.15) is 0 Å². The molecule has 1 aliphatic rings. The molecule has 2 heteroatoms. The maximum Gasteiger partial charge on any atom is 0.0366 e. The highest BCUT2D eigenvalue weighted by Crippen LogP contribution is 2.23. The Kier molecular flexibility index (Phi) is 4.06. The number of benzene rings is 1. The van der Waals surface area contributed by atoms with Crippen LogP contribution in [0.5, 0.6) is 0 Å². The highest BCUT2D eigenvalue weighted by atomic mass is 15.1. The van der Waals surface area contributed by atoms with Crippen molar-refractivity contribution in [1.82, 2.24) is 0 Å². The van der Waals surface area contributed by atoms with Crippen LogP contribution in [0.3, 0.4) is 0 Å². The van der Waals surface area contributed by atoms with Gasteiger partial charge in [-0.05, 0) is 49.8 Å². The van der Waals surface area contributed by atoms with Gasteiger partial charge in [-0.1, -0.05) is 19.1 Å². The zero-order chi connectivity index (χ0) is 12.3. The summed E-state index contributed by atoms with van der Waals surface area (Å²) in [5, 5.41) is 0. The first-order valence-electron chi connectivity index (χ1n) is 6.77. The maximum atomic E-state index is 5.87. The molecule has 0 aromatic heterocycles. The van der Waals surface area contributed by atoms with E-state index in [0.29, 0.717) is 0 Å². The topological polar surface area (TPSA) is 29.3 Å². The van der Waals surface area contributed by atoms with Crippen LogP contribution in [0.25, 0.3) is 0 Å². The van der Waals surface area contributed by atoms with Crippen LogP contribution in [-0.2, 0) is 0 Å². The minimum atomic E-state index is 0.133. The van der Waals surface area contributed by atoms with Crippen LogP contribution in [-0.4, -0.2) is 13.1 Å². The zero-order valence-corrected chi connectivity index (χ0v) is 11.0. The number of nitrogens with zero attached hydrogens (tertiary/aromatic N) is 1. The lowest BCUT2D eigenvalue weighted by Crippen LogP contribution is -2.24. The van der Waals surface area contributed by atoms with Crippen LogP contribution >= 0.6 is 0 Å². The Hall–Kier alpha value is -1.02. The van der Waals surface area contributed by atoms with E-state index >= 15 is 0 Å². The third-order valence-corrected chi connectivity index (χ3v) is 3.80. The molecule has 2 unspecified atom stereocenters. The highest BCUT2D eigenvalue weighted by Gasteiger charge is 2.14. The molecule has 94 valence electrons. The van der Waals surface area contributed by atoms with Crippen molar-refractivity contribution in [3.63, 3.8) is 0 Å². The number of hydrogen-bond acceptors (Lipinski definition) is 2. The van der Waals surface area contributed by atoms with Crippen molar-refractivity contribution in [3.8, 4) is 0 Å². The smallest absolute Gasteiger partial charge is 0.0366 e. The van der Waals surface area contributed by atoms with E-state index in [1.807, 2.05) is 6.92 Å². The fourth-order valence-electron chi connectivity index (χ4n) is 2.51. The van der Waals surface area contributed by atoms with Crippen molar-refractivity contribution >= 4 is 5.69 Å². The summed E-state index contributed by atoms with van der Waals surface area (Å²) in [6, 6.07) is 8.89. The van der Waals surface area contributed by atoms with Gasteiger partial charge in [0.25, 0.3) is 0 Å². The molecule has 1 aromatic rings. The maximum absolute atomic E-state index is 5.87. The zero-order valence-electron chi connectivity index (χ0n) is 11.0. The summed E-state index contributed by atoms with van der Waals surface area (Å²) in [5.74, 6) is 0.878. The van der Waals surface area contributed by atoms with E-state index in [2.05, 4.69) is 36.1 Å². The van der Waals surface area contributed by atoms with Crippen LogP contribution in [0.15, 0.2) is 24.3 Å². The van der Waals surface area contributed by atoms with Crippen LogP contribution < -0.4 is 10.6 Å². The second-order valence-electron chi connectivity index (χ2n) is 5.40. The quantitative estimate of drug-likeness (QED) is 0.847. The Morgan fingerprint density at radius 1 is 1.18 bits per heavy atom. The van der Waals surface area contributed by atoms with Crippen LogP contribution in [0.2, 0.25) is 0 Å². The van der Waals surface area contributed by atoms with E-state index in [1.54, 1.807) is 0 Å². The summed E-state index contributed by atoms with van der Waals surface area (Å²) in [6.07, 6.45) is 4.00. The fourth-order valence-corrected chi connectivity index (χ4v) is 2.51. The molecule has 17 heavy (non-hydrogen) atoms. The molecule has 0 radical (unpaired) electrons. The average Bonchev–Trinajstić information content (AvgIpc) is 2.54. The molecule has 2 atom stereocenters. The van der Waals surface area contributed by atoms with E-state index in [1.165, 1.54) is 43.6 Å². The molecule has 2 N–H and O–H groups in total. The van der Waals surface area contributed by atoms with Gasteiger partial charge >= 0.3 is 0 Å². The molecule has 1 aromatic carbocycles. The summed E-state index contributed by atoms with van der Waals surface area (Å²) in [5.41, 5.74) is 8.44. The molecule has 2 nitrogen and oxygen atoms in total. The van der Waals surface area contributed by atoms with E-state index in [4.69, 9.17) is 5.73 Å². The molecule has 2 rings (SSSR count). The van der Waals surface area contributed by atoms with Crippen molar-refractivity contribution in [3.05, 3.63) is 29.8 Å². The molecule has 1 heterocycles. The fraction of sp³-hybridized carbons (Fsp3) is 0.600. The van der Waals surface area contributed by atoms with Crippen LogP contribution in [0.1, 0.15) is 44.7 Å². The molecular formula is C15H24N2. The summed E-state index contributed by atoms with van der Waals surface area (Å²) < 4.78 is 0. The van der Waals surface area contributed by atoms with Gasteiger partial charge in [0, 0.05) is 24.8 Å². The Morgan fingerprint density at radius 2 is 1.88 bits per heavy atom. The summed E-state index contributed by atoms with van der Waals surface area (Å²) in [7, 11) is 0. The Bertz CT molecular complexity index is 342. The third-order valence-electron chi connectivity index (χ3n) is 3.80. The molecule has 0 aliphatic carbocycles. The first kappa shape index (κ1) is 12.4. The van der Waals surface area contributed by atoms with E-state index < -0.39 is 0 Å². The summed E-state index contributed by atoms with van der Waals surface area (Å²) >= 11 is 0. The first-order chi connectivity index (χ1) is 8.16. The lowest BCUT2D eigenvalue weighted by molar-refractivity contribution is 0.521.